The Labute approximate surface area is 88.3 Å². The Morgan fingerprint density at radius 1 is 1.07 bits per heavy atom. The van der Waals surface area contributed by atoms with Crippen LogP contribution < -0.4 is 0 Å². The van der Waals surface area contributed by atoms with Crippen molar-refractivity contribution in [2.24, 2.45) is 5.92 Å². The van der Waals surface area contributed by atoms with Crippen molar-refractivity contribution >= 4 is 0 Å². The molecule has 0 spiro atoms. The summed E-state index contributed by atoms with van der Waals surface area (Å²) in [4.78, 5) is 5.38. The lowest BCUT2D eigenvalue weighted by atomic mass is 10.2. The lowest BCUT2D eigenvalue weighted by Crippen LogP contribution is -2.49. The first-order chi connectivity index (χ1) is 6.58. The van der Waals surface area contributed by atoms with E-state index in [4.69, 9.17) is 0 Å². The van der Waals surface area contributed by atoms with Crippen molar-refractivity contribution in [2.75, 3.05) is 19.6 Å². The molecule has 2 bridgehead atoms. The van der Waals surface area contributed by atoms with Crippen LogP contribution in [-0.2, 0) is 0 Å². The van der Waals surface area contributed by atoms with E-state index in [9.17, 15) is 0 Å². The fraction of sp³-hybridized carbons (Fsp3) is 1.00. The summed E-state index contributed by atoms with van der Waals surface area (Å²) in [6, 6.07) is 2.47. The summed E-state index contributed by atoms with van der Waals surface area (Å²) in [6.07, 6.45) is 1.42. The van der Waals surface area contributed by atoms with Crippen LogP contribution >= 0.6 is 0 Å². The molecule has 0 aromatic carbocycles. The quantitative estimate of drug-likeness (QED) is 0.679. The van der Waals surface area contributed by atoms with Gasteiger partial charge in [-0.05, 0) is 26.2 Å². The molecule has 2 atom stereocenters. The van der Waals surface area contributed by atoms with E-state index in [0.29, 0.717) is 0 Å². The summed E-state index contributed by atoms with van der Waals surface area (Å²) in [6.45, 7) is 13.2. The Kier molecular flexibility index (Phi) is 2.85. The Bertz CT molecular complexity index is 200. The van der Waals surface area contributed by atoms with E-state index in [1.807, 2.05) is 0 Å². The van der Waals surface area contributed by atoms with Crippen LogP contribution in [0, 0.1) is 5.92 Å². The van der Waals surface area contributed by atoms with Gasteiger partial charge < -0.3 is 0 Å². The normalized spacial score (nSPS) is 33.9. The molecule has 0 unspecified atom stereocenters. The van der Waals surface area contributed by atoms with E-state index in [2.05, 4.69) is 37.5 Å². The number of likely N-dealkylation sites (tertiary alicyclic amines) is 2. The minimum atomic E-state index is 0.742. The lowest BCUT2D eigenvalue weighted by Gasteiger charge is -2.37. The van der Waals surface area contributed by atoms with Crippen molar-refractivity contribution in [3.8, 4) is 0 Å². The van der Waals surface area contributed by atoms with Crippen LogP contribution in [0.15, 0.2) is 0 Å². The molecule has 0 aromatic heterocycles. The molecular weight excluding hydrogens is 172 g/mol. The van der Waals surface area contributed by atoms with Gasteiger partial charge >= 0.3 is 0 Å². The second-order valence-corrected chi connectivity index (χ2v) is 5.68. The summed E-state index contributed by atoms with van der Waals surface area (Å²) < 4.78 is 0. The van der Waals surface area contributed by atoms with Crippen molar-refractivity contribution in [3.05, 3.63) is 0 Å². The molecule has 2 aliphatic heterocycles. The van der Waals surface area contributed by atoms with Crippen molar-refractivity contribution in [1.29, 1.82) is 0 Å². The standard InChI is InChI=1S/C12H24N2/c1-9(2)6-13-7-12-5-11(13)8-14(12)10(3)4/h9-12H,5-8H2,1-4H3/t11-,12-/m1/s1. The zero-order valence-electron chi connectivity index (χ0n) is 10.0. The van der Waals surface area contributed by atoms with E-state index in [-0.39, 0.29) is 0 Å². The first-order valence-electron chi connectivity index (χ1n) is 6.07. The maximum atomic E-state index is 2.70. The molecule has 0 radical (unpaired) electrons. The Hall–Kier alpha value is -0.0800. The van der Waals surface area contributed by atoms with Gasteiger partial charge in [-0.25, -0.2) is 0 Å². The number of fused-ring (bicyclic) bond motifs is 2. The maximum absolute atomic E-state index is 2.70. The van der Waals surface area contributed by atoms with Gasteiger partial charge in [-0.3, -0.25) is 9.80 Å². The predicted molar refractivity (Wildman–Crippen MR) is 60.4 cm³/mol. The number of rotatable bonds is 3. The summed E-state index contributed by atoms with van der Waals surface area (Å²) in [5.41, 5.74) is 0. The van der Waals surface area contributed by atoms with Gasteiger partial charge in [0.2, 0.25) is 0 Å². The molecule has 0 N–H and O–H groups in total. The Morgan fingerprint density at radius 3 is 2.21 bits per heavy atom. The van der Waals surface area contributed by atoms with E-state index < -0.39 is 0 Å². The second kappa shape index (κ2) is 3.82. The lowest BCUT2D eigenvalue weighted by molar-refractivity contribution is 0.0966. The molecule has 0 aromatic rings. The molecule has 2 nitrogen and oxygen atoms in total. The number of hydrogen-bond acceptors (Lipinski definition) is 2. The molecule has 0 aliphatic carbocycles. The first-order valence-corrected chi connectivity index (χ1v) is 6.07. The molecule has 82 valence electrons. The molecular formula is C12H24N2. The highest BCUT2D eigenvalue weighted by molar-refractivity contribution is 5.00. The van der Waals surface area contributed by atoms with E-state index in [1.54, 1.807) is 0 Å². The maximum Gasteiger partial charge on any atom is 0.0242 e. The third kappa shape index (κ3) is 1.82. The minimum absolute atomic E-state index is 0.742. The minimum Gasteiger partial charge on any atom is -0.297 e. The molecule has 0 amide bonds. The molecule has 2 heteroatoms. The number of nitrogens with zero attached hydrogens (tertiary/aromatic N) is 2. The van der Waals surface area contributed by atoms with Crippen molar-refractivity contribution in [2.45, 2.75) is 52.2 Å². The largest absolute Gasteiger partial charge is 0.297 e. The zero-order valence-corrected chi connectivity index (χ0v) is 10.0. The highest BCUT2D eigenvalue weighted by Crippen LogP contribution is 2.32. The van der Waals surface area contributed by atoms with Gasteiger partial charge in [0.25, 0.3) is 0 Å². The molecule has 2 heterocycles. The highest BCUT2D eigenvalue weighted by atomic mass is 15.4. The SMILES string of the molecule is CC(C)CN1C[C@H]2C[C@@H]1CN2C(C)C. The zero-order chi connectivity index (χ0) is 10.3. The molecule has 2 fully saturated rings. The summed E-state index contributed by atoms with van der Waals surface area (Å²) in [5.74, 6) is 0.821. The number of piperazine rings is 1. The van der Waals surface area contributed by atoms with Gasteiger partial charge in [0, 0.05) is 37.8 Å². The monoisotopic (exact) mass is 196 g/mol. The van der Waals surface area contributed by atoms with E-state index >= 15 is 0 Å². The predicted octanol–water partition coefficient (Wildman–Crippen LogP) is 1.81. The fourth-order valence-corrected chi connectivity index (χ4v) is 3.11. The average molecular weight is 196 g/mol. The second-order valence-electron chi connectivity index (χ2n) is 5.68. The van der Waals surface area contributed by atoms with Crippen LogP contribution in [0.4, 0.5) is 0 Å². The van der Waals surface area contributed by atoms with E-state index in [1.165, 1.54) is 26.1 Å². The van der Waals surface area contributed by atoms with Crippen LogP contribution in [0.1, 0.15) is 34.1 Å². The summed E-state index contributed by atoms with van der Waals surface area (Å²) in [7, 11) is 0. The Morgan fingerprint density at radius 2 is 1.79 bits per heavy atom. The topological polar surface area (TPSA) is 6.48 Å². The molecule has 0 saturated carbocycles. The molecule has 14 heavy (non-hydrogen) atoms. The van der Waals surface area contributed by atoms with Gasteiger partial charge in [-0.2, -0.15) is 0 Å². The highest BCUT2D eigenvalue weighted by Gasteiger charge is 2.43. The van der Waals surface area contributed by atoms with Gasteiger partial charge in [-0.15, -0.1) is 0 Å². The third-order valence-electron chi connectivity index (χ3n) is 3.66. The van der Waals surface area contributed by atoms with Gasteiger partial charge in [-0.1, -0.05) is 13.8 Å². The van der Waals surface area contributed by atoms with Gasteiger partial charge in [0.1, 0.15) is 0 Å². The van der Waals surface area contributed by atoms with Crippen LogP contribution in [0.25, 0.3) is 0 Å². The molecule has 2 saturated heterocycles. The van der Waals surface area contributed by atoms with Crippen molar-refractivity contribution < 1.29 is 0 Å². The van der Waals surface area contributed by atoms with Crippen LogP contribution in [0.5, 0.6) is 0 Å². The third-order valence-corrected chi connectivity index (χ3v) is 3.66. The Balaban J connectivity index is 1.90. The number of hydrogen-bond donors (Lipinski definition) is 0. The fourth-order valence-electron chi connectivity index (χ4n) is 3.11. The molecule has 2 aliphatic rings. The van der Waals surface area contributed by atoms with Crippen molar-refractivity contribution in [1.82, 2.24) is 9.80 Å². The smallest absolute Gasteiger partial charge is 0.0242 e. The van der Waals surface area contributed by atoms with Crippen LogP contribution in [-0.4, -0.2) is 47.6 Å². The molecule has 2 rings (SSSR count). The van der Waals surface area contributed by atoms with Crippen LogP contribution in [0.3, 0.4) is 0 Å². The van der Waals surface area contributed by atoms with Crippen molar-refractivity contribution in [3.63, 3.8) is 0 Å². The summed E-state index contributed by atoms with van der Waals surface area (Å²) in [5, 5.41) is 0. The van der Waals surface area contributed by atoms with Gasteiger partial charge in [0.15, 0.2) is 0 Å². The van der Waals surface area contributed by atoms with Crippen LogP contribution in [0.2, 0.25) is 0 Å². The van der Waals surface area contributed by atoms with E-state index in [0.717, 1.165) is 24.0 Å². The first kappa shape index (κ1) is 10.4. The summed E-state index contributed by atoms with van der Waals surface area (Å²) >= 11 is 0. The average Bonchev–Trinajstić information content (AvgIpc) is 2.60. The van der Waals surface area contributed by atoms with Gasteiger partial charge in [0.05, 0.1) is 0 Å².